The highest BCUT2D eigenvalue weighted by Crippen LogP contribution is 2.30. The maximum absolute atomic E-state index is 8.00. The van der Waals surface area contributed by atoms with Gasteiger partial charge in [-0.1, -0.05) is 6.92 Å². The molecule has 0 aromatic rings. The minimum absolute atomic E-state index is 0.338. The van der Waals surface area contributed by atoms with Crippen molar-refractivity contribution in [3.8, 4) is 0 Å². The summed E-state index contributed by atoms with van der Waals surface area (Å²) in [5.74, 6) is 0. The van der Waals surface area contributed by atoms with Crippen molar-refractivity contribution in [3.63, 3.8) is 0 Å². The van der Waals surface area contributed by atoms with Crippen LogP contribution in [0.2, 0.25) is 0 Å². The SMILES string of the molecule is CCCOC[N+]1(C(C)(C)C)CCCC1.O=N[O-]. The van der Waals surface area contributed by atoms with Crippen LogP contribution >= 0.6 is 0 Å². The van der Waals surface area contributed by atoms with Crippen molar-refractivity contribution < 1.29 is 9.22 Å². The van der Waals surface area contributed by atoms with Crippen molar-refractivity contribution in [2.45, 2.75) is 52.5 Å². The highest BCUT2D eigenvalue weighted by atomic mass is 16.6. The number of likely N-dealkylation sites (tertiary alicyclic amines) is 1. The molecule has 0 saturated carbocycles. The van der Waals surface area contributed by atoms with Crippen molar-refractivity contribution in [3.05, 3.63) is 10.1 Å². The summed E-state index contributed by atoms with van der Waals surface area (Å²) >= 11 is 0. The molecule has 0 radical (unpaired) electrons. The monoisotopic (exact) mass is 246 g/mol. The summed E-state index contributed by atoms with van der Waals surface area (Å²) in [6, 6.07) is 0. The first-order chi connectivity index (χ1) is 7.93. The molecule has 1 fully saturated rings. The summed E-state index contributed by atoms with van der Waals surface area (Å²) in [7, 11) is 0. The minimum Gasteiger partial charge on any atom is -0.444 e. The smallest absolute Gasteiger partial charge is 0.183 e. The summed E-state index contributed by atoms with van der Waals surface area (Å²) in [6.45, 7) is 13.6. The quantitative estimate of drug-likeness (QED) is 0.331. The van der Waals surface area contributed by atoms with Gasteiger partial charge in [0.25, 0.3) is 0 Å². The van der Waals surface area contributed by atoms with Crippen molar-refractivity contribution in [1.29, 1.82) is 0 Å². The van der Waals surface area contributed by atoms with Crippen LogP contribution in [0, 0.1) is 10.1 Å². The van der Waals surface area contributed by atoms with Crippen LogP contribution in [0.1, 0.15) is 47.0 Å². The third-order valence-corrected chi connectivity index (χ3v) is 3.53. The van der Waals surface area contributed by atoms with E-state index in [1.807, 2.05) is 0 Å². The zero-order valence-corrected chi connectivity index (χ0v) is 11.6. The maximum Gasteiger partial charge on any atom is 0.183 e. The fraction of sp³-hybridized carbons (Fsp3) is 1.00. The Kier molecular flexibility index (Phi) is 7.30. The summed E-state index contributed by atoms with van der Waals surface area (Å²) in [4.78, 5) is 8.00. The average molecular weight is 246 g/mol. The molecule has 0 aromatic heterocycles. The van der Waals surface area contributed by atoms with Gasteiger partial charge in [0, 0.05) is 12.8 Å². The average Bonchev–Trinajstić information content (AvgIpc) is 2.68. The fourth-order valence-corrected chi connectivity index (χ4v) is 2.32. The molecule has 0 unspecified atom stereocenters. The molecule has 5 nitrogen and oxygen atoms in total. The number of ether oxygens (including phenoxy) is 1. The highest BCUT2D eigenvalue weighted by Gasteiger charge is 2.42. The molecule has 0 amide bonds. The van der Waals surface area contributed by atoms with E-state index in [-0.39, 0.29) is 0 Å². The van der Waals surface area contributed by atoms with Crippen LogP contribution in [0.3, 0.4) is 0 Å². The van der Waals surface area contributed by atoms with Crippen LogP contribution in [-0.2, 0) is 4.74 Å². The summed E-state index contributed by atoms with van der Waals surface area (Å²) in [5, 5.41) is 9.00. The van der Waals surface area contributed by atoms with Crippen molar-refractivity contribution >= 4 is 0 Å². The number of quaternary nitrogens is 1. The van der Waals surface area contributed by atoms with Crippen molar-refractivity contribution in [1.82, 2.24) is 0 Å². The van der Waals surface area contributed by atoms with E-state index in [9.17, 15) is 0 Å². The number of hydrogen-bond donors (Lipinski definition) is 0. The van der Waals surface area contributed by atoms with Crippen molar-refractivity contribution in [2.75, 3.05) is 26.4 Å². The Labute approximate surface area is 104 Å². The van der Waals surface area contributed by atoms with E-state index in [1.165, 1.54) is 25.9 Å². The van der Waals surface area contributed by atoms with Gasteiger partial charge in [0.05, 0.1) is 25.2 Å². The number of nitrogens with zero attached hydrogens (tertiary/aromatic N) is 2. The van der Waals surface area contributed by atoms with E-state index < -0.39 is 0 Å². The summed E-state index contributed by atoms with van der Waals surface area (Å²) < 4.78 is 6.93. The lowest BCUT2D eigenvalue weighted by Gasteiger charge is -2.45. The van der Waals surface area contributed by atoms with Crippen molar-refractivity contribution in [2.24, 2.45) is 5.34 Å². The molecule has 0 aliphatic carbocycles. The predicted octanol–water partition coefficient (Wildman–Crippen LogP) is 3.03. The molecule has 0 bridgehead atoms. The van der Waals surface area contributed by atoms with Gasteiger partial charge >= 0.3 is 0 Å². The van der Waals surface area contributed by atoms with E-state index in [2.05, 4.69) is 27.7 Å². The van der Waals surface area contributed by atoms with Crippen LogP contribution in [0.15, 0.2) is 5.34 Å². The zero-order valence-electron chi connectivity index (χ0n) is 11.6. The Morgan fingerprint density at radius 3 is 2.12 bits per heavy atom. The molecule has 0 N–H and O–H groups in total. The second-order valence-corrected chi connectivity index (χ2v) is 5.58. The molecule has 1 rings (SSSR count). The molecule has 1 heterocycles. The van der Waals surface area contributed by atoms with E-state index >= 15 is 0 Å². The van der Waals surface area contributed by atoms with Gasteiger partial charge in [0.2, 0.25) is 0 Å². The van der Waals surface area contributed by atoms with Crippen LogP contribution in [-0.4, -0.2) is 36.4 Å². The summed E-state index contributed by atoms with van der Waals surface area (Å²) in [6.07, 6.45) is 3.86. The Morgan fingerprint density at radius 2 is 1.76 bits per heavy atom. The first kappa shape index (κ1) is 16.3. The summed E-state index contributed by atoms with van der Waals surface area (Å²) in [5.41, 5.74) is 0.338. The molecule has 1 aliphatic heterocycles. The number of hydrogen-bond acceptors (Lipinski definition) is 4. The molecule has 17 heavy (non-hydrogen) atoms. The topological polar surface area (TPSA) is 61.7 Å². The van der Waals surface area contributed by atoms with Gasteiger partial charge in [0.1, 0.15) is 0 Å². The number of rotatable bonds is 4. The van der Waals surface area contributed by atoms with Crippen LogP contribution in [0.4, 0.5) is 0 Å². The van der Waals surface area contributed by atoms with E-state index in [0.717, 1.165) is 29.6 Å². The first-order valence-electron chi connectivity index (χ1n) is 6.32. The largest absolute Gasteiger partial charge is 0.444 e. The first-order valence-corrected chi connectivity index (χ1v) is 6.32. The molecule has 5 heteroatoms. The Hall–Kier alpha value is -0.680. The second-order valence-electron chi connectivity index (χ2n) is 5.58. The lowest BCUT2D eigenvalue weighted by molar-refractivity contribution is -0.976. The van der Waals surface area contributed by atoms with Gasteiger partial charge in [-0.05, 0) is 27.2 Å². The highest BCUT2D eigenvalue weighted by molar-refractivity contribution is 4.67. The Morgan fingerprint density at radius 1 is 1.29 bits per heavy atom. The third kappa shape index (κ3) is 5.00. The van der Waals surface area contributed by atoms with Crippen LogP contribution in [0.25, 0.3) is 0 Å². The van der Waals surface area contributed by atoms with E-state index in [0.29, 0.717) is 5.54 Å². The van der Waals surface area contributed by atoms with Gasteiger partial charge in [0.15, 0.2) is 6.73 Å². The Balaban J connectivity index is 0.000000770. The minimum atomic E-state index is 0.338. The van der Waals surface area contributed by atoms with Gasteiger partial charge in [-0.3, -0.25) is 4.48 Å². The lowest BCUT2D eigenvalue weighted by atomic mass is 10.0. The lowest BCUT2D eigenvalue weighted by Crippen LogP contribution is -2.59. The normalized spacial score (nSPS) is 18.4. The second kappa shape index (κ2) is 7.61. The third-order valence-electron chi connectivity index (χ3n) is 3.53. The standard InChI is InChI=1S/C12H26NO.HNO2/c1-5-10-14-11-13(12(2,3)4)8-6-7-9-13;2-1-3/h5-11H2,1-4H3;(H,2,3)/q+1;/p-1. The molecule has 1 aliphatic rings. The van der Waals surface area contributed by atoms with Gasteiger partial charge < -0.3 is 14.9 Å². The molecule has 0 atom stereocenters. The van der Waals surface area contributed by atoms with Gasteiger partial charge in [-0.25, -0.2) is 0 Å². The molecule has 1 saturated heterocycles. The zero-order chi connectivity index (χ0) is 13.4. The maximum atomic E-state index is 8.00. The molecular weight excluding hydrogens is 220 g/mol. The van der Waals surface area contributed by atoms with E-state index in [4.69, 9.17) is 14.9 Å². The molecule has 102 valence electrons. The van der Waals surface area contributed by atoms with E-state index in [1.54, 1.807) is 0 Å². The Bertz CT molecular complexity index is 208. The predicted molar refractivity (Wildman–Crippen MR) is 69.3 cm³/mol. The van der Waals surface area contributed by atoms with Gasteiger partial charge in [-0.2, -0.15) is 0 Å². The van der Waals surface area contributed by atoms with Gasteiger partial charge in [-0.15, -0.1) is 5.34 Å². The molecule has 0 spiro atoms. The fourth-order valence-electron chi connectivity index (χ4n) is 2.32. The molecule has 0 aromatic carbocycles. The molecular formula is C12H26N2O3. The van der Waals surface area contributed by atoms with Crippen LogP contribution in [0.5, 0.6) is 0 Å². The van der Waals surface area contributed by atoms with Crippen LogP contribution < -0.4 is 0 Å².